The SMILES string of the molecule is c1ccc(-c2cc(-c3cc4c5ccccc5oc4c4c3c3ccccc3n4-c3ccccc3)nc(-c3ccccc3)n2)cc1. The highest BCUT2D eigenvalue weighted by atomic mass is 16.3. The van der Waals surface area contributed by atoms with Crippen LogP contribution < -0.4 is 0 Å². The third-order valence-corrected chi connectivity index (χ3v) is 8.40. The van der Waals surface area contributed by atoms with Crippen LogP contribution in [-0.2, 0) is 0 Å². The molecule has 0 fully saturated rings. The third kappa shape index (κ3) is 3.78. The van der Waals surface area contributed by atoms with Crippen molar-refractivity contribution in [3.8, 4) is 39.6 Å². The smallest absolute Gasteiger partial charge is 0.160 e. The average molecular weight is 564 g/mol. The van der Waals surface area contributed by atoms with E-state index in [-0.39, 0.29) is 0 Å². The molecule has 0 atom stereocenters. The number of hydrogen-bond acceptors (Lipinski definition) is 3. The van der Waals surface area contributed by atoms with Gasteiger partial charge in [-0.15, -0.1) is 0 Å². The van der Waals surface area contributed by atoms with Gasteiger partial charge in [-0.3, -0.25) is 0 Å². The van der Waals surface area contributed by atoms with E-state index in [1.54, 1.807) is 0 Å². The van der Waals surface area contributed by atoms with Crippen LogP contribution in [0.1, 0.15) is 0 Å². The van der Waals surface area contributed by atoms with Gasteiger partial charge in [0.1, 0.15) is 5.58 Å². The Labute approximate surface area is 253 Å². The molecule has 3 aromatic heterocycles. The molecule has 6 aromatic carbocycles. The fourth-order valence-corrected chi connectivity index (χ4v) is 6.43. The van der Waals surface area contributed by atoms with Crippen LogP contribution in [0, 0.1) is 0 Å². The maximum absolute atomic E-state index is 6.68. The van der Waals surface area contributed by atoms with Crippen LogP contribution in [0.4, 0.5) is 0 Å². The minimum absolute atomic E-state index is 0.694. The van der Waals surface area contributed by atoms with E-state index in [0.29, 0.717) is 5.82 Å². The van der Waals surface area contributed by atoms with Gasteiger partial charge in [0.25, 0.3) is 0 Å². The van der Waals surface area contributed by atoms with Crippen LogP contribution in [-0.4, -0.2) is 14.5 Å². The molecule has 206 valence electrons. The first-order valence-corrected chi connectivity index (χ1v) is 14.8. The minimum atomic E-state index is 0.694. The van der Waals surface area contributed by atoms with Crippen molar-refractivity contribution >= 4 is 43.7 Å². The normalized spacial score (nSPS) is 11.6. The summed E-state index contributed by atoms with van der Waals surface area (Å²) in [6.07, 6.45) is 0. The average Bonchev–Trinajstić information content (AvgIpc) is 3.65. The molecule has 9 rings (SSSR count). The Morgan fingerprint density at radius 2 is 1.11 bits per heavy atom. The number of benzene rings is 6. The Bertz CT molecular complexity index is 2420. The van der Waals surface area contributed by atoms with Crippen LogP contribution >= 0.6 is 0 Å². The Morgan fingerprint density at radius 1 is 0.500 bits per heavy atom. The fraction of sp³-hybridized carbons (Fsp3) is 0. The van der Waals surface area contributed by atoms with E-state index >= 15 is 0 Å². The van der Waals surface area contributed by atoms with Crippen molar-refractivity contribution in [3.63, 3.8) is 0 Å². The van der Waals surface area contributed by atoms with Crippen molar-refractivity contribution in [2.45, 2.75) is 0 Å². The lowest BCUT2D eigenvalue weighted by atomic mass is 9.98. The maximum atomic E-state index is 6.68. The Kier molecular flexibility index (Phi) is 5.47. The molecule has 4 nitrogen and oxygen atoms in total. The summed E-state index contributed by atoms with van der Waals surface area (Å²) in [5.74, 6) is 0.694. The number of aromatic nitrogens is 3. The number of furan rings is 1. The van der Waals surface area contributed by atoms with Gasteiger partial charge < -0.3 is 8.98 Å². The zero-order valence-corrected chi connectivity index (χ0v) is 23.7. The van der Waals surface area contributed by atoms with Gasteiger partial charge in [0.2, 0.25) is 0 Å². The number of fused-ring (bicyclic) bond motifs is 7. The van der Waals surface area contributed by atoms with Crippen LogP contribution in [0.15, 0.2) is 156 Å². The van der Waals surface area contributed by atoms with Crippen LogP contribution in [0.2, 0.25) is 0 Å². The molecule has 0 aliphatic rings. The lowest BCUT2D eigenvalue weighted by molar-refractivity contribution is 0.671. The molecule has 0 aliphatic carbocycles. The van der Waals surface area contributed by atoms with Crippen molar-refractivity contribution in [1.82, 2.24) is 14.5 Å². The topological polar surface area (TPSA) is 43.9 Å². The Morgan fingerprint density at radius 3 is 1.89 bits per heavy atom. The van der Waals surface area contributed by atoms with Gasteiger partial charge in [0.15, 0.2) is 11.4 Å². The predicted molar refractivity (Wildman–Crippen MR) is 180 cm³/mol. The first-order valence-electron chi connectivity index (χ1n) is 14.8. The molecule has 0 unspecified atom stereocenters. The Hall–Kier alpha value is -6.00. The van der Waals surface area contributed by atoms with E-state index in [0.717, 1.165) is 77.5 Å². The number of nitrogens with zero attached hydrogens (tertiary/aromatic N) is 3. The molecule has 44 heavy (non-hydrogen) atoms. The molecule has 0 saturated carbocycles. The minimum Gasteiger partial charge on any atom is -0.454 e. The van der Waals surface area contributed by atoms with E-state index < -0.39 is 0 Å². The van der Waals surface area contributed by atoms with Gasteiger partial charge in [-0.2, -0.15) is 0 Å². The lowest BCUT2D eigenvalue weighted by Crippen LogP contribution is -1.97. The summed E-state index contributed by atoms with van der Waals surface area (Å²) >= 11 is 0. The van der Waals surface area contributed by atoms with Crippen molar-refractivity contribution in [3.05, 3.63) is 152 Å². The van der Waals surface area contributed by atoms with E-state index in [4.69, 9.17) is 14.4 Å². The summed E-state index contributed by atoms with van der Waals surface area (Å²) < 4.78 is 9.01. The van der Waals surface area contributed by atoms with Crippen molar-refractivity contribution < 1.29 is 4.42 Å². The van der Waals surface area contributed by atoms with Gasteiger partial charge in [-0.25, -0.2) is 9.97 Å². The van der Waals surface area contributed by atoms with Crippen molar-refractivity contribution in [2.24, 2.45) is 0 Å². The van der Waals surface area contributed by atoms with Crippen molar-refractivity contribution in [1.29, 1.82) is 0 Å². The first kappa shape index (κ1) is 24.6. The second-order valence-corrected chi connectivity index (χ2v) is 11.0. The van der Waals surface area contributed by atoms with E-state index in [2.05, 4.69) is 120 Å². The molecular weight excluding hydrogens is 538 g/mol. The predicted octanol–water partition coefficient (Wildman–Crippen LogP) is 10.5. The summed E-state index contributed by atoms with van der Waals surface area (Å²) in [5, 5.41) is 4.39. The third-order valence-electron chi connectivity index (χ3n) is 8.40. The first-order chi connectivity index (χ1) is 21.8. The highest BCUT2D eigenvalue weighted by Crippen LogP contribution is 2.45. The van der Waals surface area contributed by atoms with Crippen LogP contribution in [0.25, 0.3) is 83.3 Å². The molecule has 0 N–H and O–H groups in total. The summed E-state index contributed by atoms with van der Waals surface area (Å²) in [7, 11) is 0. The maximum Gasteiger partial charge on any atom is 0.160 e. The summed E-state index contributed by atoms with van der Waals surface area (Å²) in [6.45, 7) is 0. The molecule has 0 radical (unpaired) electrons. The van der Waals surface area contributed by atoms with Crippen LogP contribution in [0.3, 0.4) is 0 Å². The Balaban J connectivity index is 1.47. The van der Waals surface area contributed by atoms with E-state index in [1.807, 2.05) is 36.4 Å². The van der Waals surface area contributed by atoms with Crippen LogP contribution in [0.5, 0.6) is 0 Å². The quantitative estimate of drug-likeness (QED) is 0.214. The summed E-state index contributed by atoms with van der Waals surface area (Å²) in [6, 6.07) is 52.3. The van der Waals surface area contributed by atoms with Gasteiger partial charge in [-0.05, 0) is 36.4 Å². The van der Waals surface area contributed by atoms with Gasteiger partial charge in [-0.1, -0.05) is 115 Å². The molecule has 9 aromatic rings. The number of rotatable bonds is 4. The molecule has 3 heterocycles. The largest absolute Gasteiger partial charge is 0.454 e. The number of para-hydroxylation sites is 3. The zero-order valence-electron chi connectivity index (χ0n) is 23.7. The summed E-state index contributed by atoms with van der Waals surface area (Å²) in [5.41, 5.74) is 9.77. The number of hydrogen-bond donors (Lipinski definition) is 0. The molecular formula is C40H25N3O. The van der Waals surface area contributed by atoms with Gasteiger partial charge >= 0.3 is 0 Å². The zero-order chi connectivity index (χ0) is 29.0. The fourth-order valence-electron chi connectivity index (χ4n) is 6.43. The summed E-state index contributed by atoms with van der Waals surface area (Å²) in [4.78, 5) is 10.3. The molecule has 0 spiro atoms. The molecule has 0 aliphatic heterocycles. The second-order valence-electron chi connectivity index (χ2n) is 11.0. The molecule has 0 saturated heterocycles. The molecule has 0 amide bonds. The highest BCUT2D eigenvalue weighted by Gasteiger charge is 2.24. The monoisotopic (exact) mass is 563 g/mol. The van der Waals surface area contributed by atoms with Crippen molar-refractivity contribution in [2.75, 3.05) is 0 Å². The van der Waals surface area contributed by atoms with Gasteiger partial charge in [0.05, 0.1) is 22.4 Å². The molecule has 4 heteroatoms. The van der Waals surface area contributed by atoms with E-state index in [9.17, 15) is 0 Å². The van der Waals surface area contributed by atoms with E-state index in [1.165, 1.54) is 0 Å². The highest BCUT2D eigenvalue weighted by molar-refractivity contribution is 6.26. The molecule has 0 bridgehead atoms. The standard InChI is InChI=1S/C40H25N3O/c1-4-14-26(15-5-1)33-25-34(42-40(41-33)27-16-6-2-7-17-27)32-24-31-29-20-11-13-23-36(29)44-39(31)38-37(32)30-21-10-12-22-35(30)43(38)28-18-8-3-9-19-28/h1-25H. The van der Waals surface area contributed by atoms with Gasteiger partial charge in [0, 0.05) is 43.9 Å². The second kappa shape index (κ2) is 9.79. The lowest BCUT2D eigenvalue weighted by Gasteiger charge is -2.12.